The number of rotatable bonds is 7. The van der Waals surface area contributed by atoms with Crippen LogP contribution in [-0.4, -0.2) is 20.7 Å². The van der Waals surface area contributed by atoms with Crippen LogP contribution in [0.25, 0.3) is 0 Å². The molecule has 1 aromatic heterocycles. The molecule has 0 bridgehead atoms. The molecular formula is C20H20N4OS. The second-order valence-electron chi connectivity index (χ2n) is 6.50. The van der Waals surface area contributed by atoms with E-state index >= 15 is 0 Å². The van der Waals surface area contributed by atoms with Crippen molar-refractivity contribution in [2.75, 3.05) is 0 Å². The molecule has 2 aromatic carbocycles. The number of amides is 1. The zero-order chi connectivity index (χ0) is 17.9. The summed E-state index contributed by atoms with van der Waals surface area (Å²) in [5.41, 5.74) is 7.75. The Bertz CT molecular complexity index is 891. The quantitative estimate of drug-likeness (QED) is 0.651. The summed E-state index contributed by atoms with van der Waals surface area (Å²) in [5.74, 6) is 1.11. The monoisotopic (exact) mass is 364 g/mol. The summed E-state index contributed by atoms with van der Waals surface area (Å²) < 4.78 is 2.14. The SMILES string of the molecule is NC(=O)C(Sc1nnc(C2CC2)n1Cc1ccccc1)c1ccccc1. The van der Waals surface area contributed by atoms with Crippen molar-refractivity contribution in [3.05, 3.63) is 77.6 Å². The molecule has 3 aromatic rings. The van der Waals surface area contributed by atoms with Crippen LogP contribution in [0.15, 0.2) is 65.8 Å². The van der Waals surface area contributed by atoms with Crippen molar-refractivity contribution >= 4 is 17.7 Å². The molecule has 1 heterocycles. The van der Waals surface area contributed by atoms with E-state index in [0.717, 1.165) is 29.4 Å². The van der Waals surface area contributed by atoms with Crippen LogP contribution in [-0.2, 0) is 11.3 Å². The average Bonchev–Trinajstić information content (AvgIpc) is 3.43. The molecular weight excluding hydrogens is 344 g/mol. The Morgan fingerprint density at radius 1 is 1.08 bits per heavy atom. The minimum Gasteiger partial charge on any atom is -0.368 e. The molecule has 26 heavy (non-hydrogen) atoms. The van der Waals surface area contributed by atoms with E-state index in [-0.39, 0.29) is 5.91 Å². The maximum Gasteiger partial charge on any atom is 0.235 e. The summed E-state index contributed by atoms with van der Waals surface area (Å²) in [6.07, 6.45) is 2.30. The summed E-state index contributed by atoms with van der Waals surface area (Å²) in [6, 6.07) is 19.8. The maximum absolute atomic E-state index is 12.1. The molecule has 2 N–H and O–H groups in total. The summed E-state index contributed by atoms with van der Waals surface area (Å²) in [4.78, 5) is 12.1. The highest BCUT2D eigenvalue weighted by atomic mass is 32.2. The van der Waals surface area contributed by atoms with E-state index in [4.69, 9.17) is 5.73 Å². The van der Waals surface area contributed by atoms with Gasteiger partial charge >= 0.3 is 0 Å². The summed E-state index contributed by atoms with van der Waals surface area (Å²) in [6.45, 7) is 0.697. The molecule has 1 aliphatic rings. The highest BCUT2D eigenvalue weighted by molar-refractivity contribution is 8.00. The molecule has 0 aliphatic heterocycles. The van der Waals surface area contributed by atoms with Crippen LogP contribution in [0.1, 0.15) is 41.0 Å². The molecule has 1 aliphatic carbocycles. The van der Waals surface area contributed by atoms with Gasteiger partial charge in [0.15, 0.2) is 5.16 Å². The number of nitrogens with zero attached hydrogens (tertiary/aromatic N) is 3. The van der Waals surface area contributed by atoms with Gasteiger partial charge in [0.25, 0.3) is 0 Å². The Balaban J connectivity index is 1.66. The number of aromatic nitrogens is 3. The minimum atomic E-state index is -0.484. The van der Waals surface area contributed by atoms with Crippen LogP contribution in [0.5, 0.6) is 0 Å². The predicted molar refractivity (Wildman–Crippen MR) is 102 cm³/mol. The average molecular weight is 364 g/mol. The number of hydrogen-bond donors (Lipinski definition) is 1. The predicted octanol–water partition coefficient (Wildman–Crippen LogP) is 3.52. The third kappa shape index (κ3) is 3.65. The highest BCUT2D eigenvalue weighted by Crippen LogP contribution is 2.42. The molecule has 1 atom stereocenters. The van der Waals surface area contributed by atoms with Gasteiger partial charge in [-0.05, 0) is 24.0 Å². The number of hydrogen-bond acceptors (Lipinski definition) is 4. The molecule has 1 fully saturated rings. The first-order valence-corrected chi connectivity index (χ1v) is 9.58. The van der Waals surface area contributed by atoms with E-state index in [2.05, 4.69) is 26.9 Å². The normalized spacial score (nSPS) is 14.9. The van der Waals surface area contributed by atoms with Gasteiger partial charge in [-0.1, -0.05) is 72.4 Å². The second kappa shape index (κ2) is 7.33. The molecule has 4 rings (SSSR count). The van der Waals surface area contributed by atoms with Crippen molar-refractivity contribution in [1.29, 1.82) is 0 Å². The van der Waals surface area contributed by atoms with Crippen molar-refractivity contribution in [2.45, 2.75) is 35.7 Å². The highest BCUT2D eigenvalue weighted by Gasteiger charge is 2.32. The number of carbonyl (C=O) groups is 1. The Hall–Kier alpha value is -2.60. The van der Waals surface area contributed by atoms with Gasteiger partial charge in [-0.3, -0.25) is 4.79 Å². The molecule has 1 saturated carbocycles. The van der Waals surface area contributed by atoms with Crippen LogP contribution in [0.3, 0.4) is 0 Å². The summed E-state index contributed by atoms with van der Waals surface area (Å²) >= 11 is 1.38. The van der Waals surface area contributed by atoms with Crippen molar-refractivity contribution in [1.82, 2.24) is 14.8 Å². The first-order valence-electron chi connectivity index (χ1n) is 8.70. The van der Waals surface area contributed by atoms with Crippen molar-refractivity contribution < 1.29 is 4.79 Å². The topological polar surface area (TPSA) is 73.8 Å². The minimum absolute atomic E-state index is 0.372. The van der Waals surface area contributed by atoms with Gasteiger partial charge in [0.05, 0.1) is 6.54 Å². The standard InChI is InChI=1S/C20H20N4OS/c21-18(25)17(15-9-5-2-6-10-15)26-20-23-22-19(16-11-12-16)24(20)13-14-7-3-1-4-8-14/h1-10,16-17H,11-13H2,(H2,21,25). The third-order valence-electron chi connectivity index (χ3n) is 4.46. The van der Waals surface area contributed by atoms with Gasteiger partial charge in [0.1, 0.15) is 11.1 Å². The second-order valence-corrected chi connectivity index (χ2v) is 7.57. The number of nitrogens with two attached hydrogens (primary N) is 1. The van der Waals surface area contributed by atoms with Crippen LogP contribution in [0, 0.1) is 0 Å². The lowest BCUT2D eigenvalue weighted by Crippen LogP contribution is -2.19. The number of primary amides is 1. The summed E-state index contributed by atoms with van der Waals surface area (Å²) in [7, 11) is 0. The van der Waals surface area contributed by atoms with Gasteiger partial charge in [-0.25, -0.2) is 0 Å². The van der Waals surface area contributed by atoms with Gasteiger partial charge in [0.2, 0.25) is 5.91 Å². The molecule has 0 saturated heterocycles. The largest absolute Gasteiger partial charge is 0.368 e. The van der Waals surface area contributed by atoms with Gasteiger partial charge in [-0.2, -0.15) is 0 Å². The third-order valence-corrected chi connectivity index (χ3v) is 5.71. The number of thioether (sulfide) groups is 1. The first kappa shape index (κ1) is 16.8. The van der Waals surface area contributed by atoms with E-state index < -0.39 is 5.25 Å². The molecule has 1 amide bonds. The van der Waals surface area contributed by atoms with E-state index in [0.29, 0.717) is 12.5 Å². The van der Waals surface area contributed by atoms with E-state index in [1.165, 1.54) is 17.3 Å². The Morgan fingerprint density at radius 2 is 1.73 bits per heavy atom. The van der Waals surface area contributed by atoms with E-state index in [1.54, 1.807) is 0 Å². The molecule has 0 radical (unpaired) electrons. The zero-order valence-corrected chi connectivity index (χ0v) is 15.1. The Kier molecular flexibility index (Phi) is 4.75. The number of carbonyl (C=O) groups excluding carboxylic acids is 1. The van der Waals surface area contributed by atoms with Gasteiger partial charge in [0, 0.05) is 5.92 Å². The number of benzene rings is 2. The van der Waals surface area contributed by atoms with Gasteiger partial charge < -0.3 is 10.3 Å². The molecule has 1 unspecified atom stereocenters. The fraction of sp³-hybridized carbons (Fsp3) is 0.250. The molecule has 132 valence electrons. The lowest BCUT2D eigenvalue weighted by Gasteiger charge is -2.15. The Labute approximate surface area is 156 Å². The fourth-order valence-corrected chi connectivity index (χ4v) is 3.96. The van der Waals surface area contributed by atoms with Crippen LogP contribution < -0.4 is 5.73 Å². The molecule has 0 spiro atoms. The van der Waals surface area contributed by atoms with Crippen LogP contribution in [0.2, 0.25) is 0 Å². The molecule has 6 heteroatoms. The van der Waals surface area contributed by atoms with Crippen LogP contribution >= 0.6 is 11.8 Å². The van der Waals surface area contributed by atoms with Crippen molar-refractivity contribution in [3.8, 4) is 0 Å². The molecule has 5 nitrogen and oxygen atoms in total. The van der Waals surface area contributed by atoms with E-state index in [1.807, 2.05) is 48.5 Å². The van der Waals surface area contributed by atoms with Crippen LogP contribution in [0.4, 0.5) is 0 Å². The van der Waals surface area contributed by atoms with Crippen molar-refractivity contribution in [3.63, 3.8) is 0 Å². The van der Waals surface area contributed by atoms with E-state index in [9.17, 15) is 4.79 Å². The first-order chi connectivity index (χ1) is 12.7. The lowest BCUT2D eigenvalue weighted by atomic mass is 10.1. The lowest BCUT2D eigenvalue weighted by molar-refractivity contribution is -0.117. The smallest absolute Gasteiger partial charge is 0.235 e. The van der Waals surface area contributed by atoms with Crippen molar-refractivity contribution in [2.24, 2.45) is 5.73 Å². The fourth-order valence-electron chi connectivity index (χ4n) is 2.97. The maximum atomic E-state index is 12.1. The Morgan fingerprint density at radius 3 is 2.35 bits per heavy atom. The van der Waals surface area contributed by atoms with Gasteiger partial charge in [-0.15, -0.1) is 10.2 Å². The zero-order valence-electron chi connectivity index (χ0n) is 14.3. The summed E-state index contributed by atoms with van der Waals surface area (Å²) in [5, 5.41) is 9.06.